The standard InChI is InChI=1S/C28H35N3O3S/c1-17-8-11-22(18(2)13-17)30-26(33)25-21-10-9-19(28(3,4)5)14-23(21)35-27(25)31-24(32)16-29-15-20-7-6-12-34-20/h6-8,11-13,19,29H,9-10,14-16H2,1-5H3,(H,30,33)(H,31,32)/p+1/t19-/m1/s1. The first-order valence-corrected chi connectivity index (χ1v) is 13.1. The second-order valence-electron chi connectivity index (χ2n) is 10.6. The Balaban J connectivity index is 1.56. The molecule has 3 aromatic rings. The molecular weight excluding hydrogens is 458 g/mol. The van der Waals surface area contributed by atoms with Crippen LogP contribution in [0.4, 0.5) is 10.7 Å². The zero-order valence-corrected chi connectivity index (χ0v) is 22.1. The molecule has 2 amide bonds. The number of quaternary nitrogens is 1. The van der Waals surface area contributed by atoms with Gasteiger partial charge in [0.2, 0.25) is 0 Å². The third kappa shape index (κ3) is 6.03. The van der Waals surface area contributed by atoms with Crippen molar-refractivity contribution in [1.82, 2.24) is 0 Å². The van der Waals surface area contributed by atoms with Crippen molar-refractivity contribution < 1.29 is 19.3 Å². The lowest BCUT2D eigenvalue weighted by Gasteiger charge is -2.33. The number of thiophene rings is 1. The number of benzene rings is 1. The summed E-state index contributed by atoms with van der Waals surface area (Å²) in [6.07, 6.45) is 4.46. The zero-order valence-electron chi connectivity index (χ0n) is 21.3. The Hall–Kier alpha value is -2.90. The summed E-state index contributed by atoms with van der Waals surface area (Å²) in [4.78, 5) is 27.6. The topological polar surface area (TPSA) is 88.0 Å². The summed E-state index contributed by atoms with van der Waals surface area (Å²) < 4.78 is 5.34. The van der Waals surface area contributed by atoms with E-state index in [1.165, 1.54) is 4.88 Å². The fourth-order valence-corrected chi connectivity index (χ4v) is 6.09. The molecule has 0 spiro atoms. The van der Waals surface area contributed by atoms with Crippen molar-refractivity contribution in [3.8, 4) is 0 Å². The average Bonchev–Trinajstić information content (AvgIpc) is 3.42. The monoisotopic (exact) mass is 494 g/mol. The van der Waals surface area contributed by atoms with Crippen molar-refractivity contribution >= 4 is 33.8 Å². The predicted octanol–water partition coefficient (Wildman–Crippen LogP) is 5.06. The number of hydrogen-bond acceptors (Lipinski definition) is 4. The van der Waals surface area contributed by atoms with Gasteiger partial charge in [0.1, 0.15) is 11.5 Å². The number of amides is 2. The Morgan fingerprint density at radius 2 is 1.97 bits per heavy atom. The number of nitrogens with two attached hydrogens (primary N) is 1. The van der Waals surface area contributed by atoms with Gasteiger partial charge in [0.15, 0.2) is 12.3 Å². The van der Waals surface area contributed by atoms with E-state index in [9.17, 15) is 9.59 Å². The molecule has 1 aliphatic carbocycles. The molecule has 1 aliphatic rings. The van der Waals surface area contributed by atoms with Crippen LogP contribution >= 0.6 is 11.3 Å². The molecule has 0 radical (unpaired) electrons. The third-order valence-corrected chi connectivity index (χ3v) is 8.03. The highest BCUT2D eigenvalue weighted by atomic mass is 32.1. The Morgan fingerprint density at radius 3 is 2.66 bits per heavy atom. The lowest BCUT2D eigenvalue weighted by Crippen LogP contribution is -2.84. The Bertz CT molecular complexity index is 1210. The van der Waals surface area contributed by atoms with Crippen LogP contribution in [0, 0.1) is 25.2 Å². The van der Waals surface area contributed by atoms with E-state index in [1.807, 2.05) is 43.4 Å². The molecule has 0 fully saturated rings. The lowest BCUT2D eigenvalue weighted by molar-refractivity contribution is -0.661. The van der Waals surface area contributed by atoms with Gasteiger partial charge in [-0.3, -0.25) is 9.59 Å². The van der Waals surface area contributed by atoms with Crippen molar-refractivity contribution in [3.05, 3.63) is 69.5 Å². The normalized spacial score (nSPS) is 15.5. The SMILES string of the molecule is Cc1ccc(NC(=O)c2c(NC(=O)C[NH2+]Cc3ccco3)sc3c2CC[C@@H](C(C)(C)C)C3)c(C)c1. The molecule has 0 saturated carbocycles. The van der Waals surface area contributed by atoms with Crippen molar-refractivity contribution in [3.63, 3.8) is 0 Å². The number of anilines is 2. The smallest absolute Gasteiger partial charge is 0.280 e. The van der Waals surface area contributed by atoms with Crippen molar-refractivity contribution in [2.24, 2.45) is 11.3 Å². The van der Waals surface area contributed by atoms with Crippen LogP contribution < -0.4 is 16.0 Å². The van der Waals surface area contributed by atoms with E-state index in [1.54, 1.807) is 17.6 Å². The number of hydrogen-bond donors (Lipinski definition) is 3. The molecule has 35 heavy (non-hydrogen) atoms. The highest BCUT2D eigenvalue weighted by molar-refractivity contribution is 7.17. The van der Waals surface area contributed by atoms with Gasteiger partial charge in [0.05, 0.1) is 11.8 Å². The first kappa shape index (κ1) is 25.2. The number of aryl methyl sites for hydroxylation is 2. The van der Waals surface area contributed by atoms with E-state index in [2.05, 4.69) is 37.5 Å². The molecule has 7 heteroatoms. The molecule has 1 aromatic carbocycles. The first-order chi connectivity index (χ1) is 16.6. The highest BCUT2D eigenvalue weighted by Crippen LogP contribution is 2.44. The van der Waals surface area contributed by atoms with Gasteiger partial charge in [0, 0.05) is 10.6 Å². The minimum absolute atomic E-state index is 0.122. The lowest BCUT2D eigenvalue weighted by atomic mass is 9.72. The Kier molecular flexibility index (Phi) is 7.47. The summed E-state index contributed by atoms with van der Waals surface area (Å²) in [5.74, 6) is 1.10. The van der Waals surface area contributed by atoms with Gasteiger partial charge < -0.3 is 20.4 Å². The van der Waals surface area contributed by atoms with Gasteiger partial charge in [-0.25, -0.2) is 0 Å². The summed E-state index contributed by atoms with van der Waals surface area (Å²) in [6, 6.07) is 9.73. The van der Waals surface area contributed by atoms with E-state index >= 15 is 0 Å². The van der Waals surface area contributed by atoms with Crippen LogP contribution in [0.3, 0.4) is 0 Å². The fraction of sp³-hybridized carbons (Fsp3) is 0.429. The van der Waals surface area contributed by atoms with Gasteiger partial charge in [-0.1, -0.05) is 38.5 Å². The van der Waals surface area contributed by atoms with Crippen molar-refractivity contribution in [2.45, 2.75) is 60.4 Å². The van der Waals surface area contributed by atoms with E-state index < -0.39 is 0 Å². The quantitative estimate of drug-likeness (QED) is 0.429. The molecule has 2 aromatic heterocycles. The number of carbonyl (C=O) groups is 2. The maximum atomic E-state index is 13.6. The molecule has 4 rings (SSSR count). The molecular formula is C28H36N3O3S+. The van der Waals surface area contributed by atoms with E-state index in [-0.39, 0.29) is 23.8 Å². The zero-order chi connectivity index (χ0) is 25.2. The molecule has 0 saturated heterocycles. The number of nitrogens with one attached hydrogen (secondary N) is 2. The van der Waals surface area contributed by atoms with Crippen LogP contribution in [-0.2, 0) is 24.2 Å². The van der Waals surface area contributed by atoms with Crippen molar-refractivity contribution in [2.75, 3.05) is 17.2 Å². The minimum Gasteiger partial charge on any atom is -0.463 e. The van der Waals surface area contributed by atoms with Gasteiger partial charge in [-0.15, -0.1) is 11.3 Å². The number of carbonyl (C=O) groups excluding carboxylic acids is 2. The first-order valence-electron chi connectivity index (χ1n) is 12.3. The average molecular weight is 495 g/mol. The largest absolute Gasteiger partial charge is 0.463 e. The Labute approximate surface area is 211 Å². The van der Waals surface area contributed by atoms with Crippen LogP contribution in [0.1, 0.15) is 64.9 Å². The molecule has 186 valence electrons. The second kappa shape index (κ2) is 10.4. The number of rotatable bonds is 7. The van der Waals surface area contributed by atoms with Crippen LogP contribution in [0.25, 0.3) is 0 Å². The molecule has 0 unspecified atom stereocenters. The predicted molar refractivity (Wildman–Crippen MR) is 141 cm³/mol. The summed E-state index contributed by atoms with van der Waals surface area (Å²) in [5, 5.41) is 8.70. The van der Waals surface area contributed by atoms with Crippen LogP contribution in [0.5, 0.6) is 0 Å². The molecule has 4 N–H and O–H groups in total. The van der Waals surface area contributed by atoms with Gasteiger partial charge in [0.25, 0.3) is 11.8 Å². The van der Waals surface area contributed by atoms with E-state index in [0.717, 1.165) is 47.4 Å². The molecule has 6 nitrogen and oxygen atoms in total. The molecule has 0 aliphatic heterocycles. The van der Waals surface area contributed by atoms with Crippen LogP contribution in [-0.4, -0.2) is 18.4 Å². The van der Waals surface area contributed by atoms with E-state index in [4.69, 9.17) is 4.42 Å². The van der Waals surface area contributed by atoms with Crippen LogP contribution in [0.2, 0.25) is 0 Å². The third-order valence-electron chi connectivity index (χ3n) is 6.86. The molecule has 2 heterocycles. The highest BCUT2D eigenvalue weighted by Gasteiger charge is 2.34. The van der Waals surface area contributed by atoms with Crippen LogP contribution in [0.15, 0.2) is 41.0 Å². The second-order valence-corrected chi connectivity index (χ2v) is 11.7. The van der Waals surface area contributed by atoms with Gasteiger partial charge >= 0.3 is 0 Å². The Morgan fingerprint density at radius 1 is 1.17 bits per heavy atom. The minimum atomic E-state index is -0.154. The summed E-state index contributed by atoms with van der Waals surface area (Å²) in [7, 11) is 0. The number of fused-ring (bicyclic) bond motifs is 1. The summed E-state index contributed by atoms with van der Waals surface area (Å²) >= 11 is 1.56. The van der Waals surface area contributed by atoms with Crippen molar-refractivity contribution in [1.29, 1.82) is 0 Å². The maximum Gasteiger partial charge on any atom is 0.280 e. The van der Waals surface area contributed by atoms with E-state index in [0.29, 0.717) is 23.0 Å². The molecule has 0 bridgehead atoms. The fourth-order valence-electron chi connectivity index (χ4n) is 4.74. The van der Waals surface area contributed by atoms with Gasteiger partial charge in [-0.05, 0) is 73.8 Å². The number of furan rings is 1. The maximum absolute atomic E-state index is 13.6. The summed E-state index contributed by atoms with van der Waals surface area (Å²) in [6.45, 7) is 11.7. The molecule has 1 atom stereocenters. The van der Waals surface area contributed by atoms with Gasteiger partial charge in [-0.2, -0.15) is 0 Å². The summed E-state index contributed by atoms with van der Waals surface area (Å²) in [5.41, 5.74) is 4.89.